The number of hydrogen-bond acceptors (Lipinski definition) is 4. The summed E-state index contributed by atoms with van der Waals surface area (Å²) in [5.41, 5.74) is 1.25. The van der Waals surface area contributed by atoms with Crippen LogP contribution in [0.15, 0.2) is 24.4 Å². The minimum Gasteiger partial charge on any atom is -0.258 e. The zero-order valence-corrected chi connectivity index (χ0v) is 11.6. The lowest BCUT2D eigenvalue weighted by Gasteiger charge is -2.02. The lowest BCUT2D eigenvalue weighted by Crippen LogP contribution is -1.97. The van der Waals surface area contributed by atoms with Gasteiger partial charge in [-0.2, -0.15) is 0 Å². The number of nitro benzene ring substituents is 1. The van der Waals surface area contributed by atoms with Gasteiger partial charge in [0.2, 0.25) is 0 Å². The molecule has 0 spiro atoms. The maximum atomic E-state index is 10.6. The van der Waals surface area contributed by atoms with E-state index in [2.05, 4.69) is 26.2 Å². The first-order valence-electron chi connectivity index (χ1n) is 4.99. The van der Waals surface area contributed by atoms with E-state index in [9.17, 15) is 10.1 Å². The third kappa shape index (κ3) is 2.51. The predicted molar refractivity (Wildman–Crippen MR) is 70.4 cm³/mol. The van der Waals surface area contributed by atoms with Crippen LogP contribution in [0.4, 0.5) is 5.69 Å². The third-order valence-corrected chi connectivity index (χ3v) is 3.08. The number of halogens is 2. The van der Waals surface area contributed by atoms with Gasteiger partial charge in [0.15, 0.2) is 0 Å². The third-order valence-electron chi connectivity index (χ3n) is 2.31. The molecule has 1 aromatic carbocycles. The number of aromatic nitrogens is 3. The van der Waals surface area contributed by atoms with Crippen LogP contribution in [0.5, 0.6) is 0 Å². The van der Waals surface area contributed by atoms with Crippen molar-refractivity contribution in [1.82, 2.24) is 15.0 Å². The van der Waals surface area contributed by atoms with Crippen molar-refractivity contribution in [2.24, 2.45) is 0 Å². The fraction of sp³-hybridized carbons (Fsp3) is 0.200. The summed E-state index contributed by atoms with van der Waals surface area (Å²) < 4.78 is 1.49. The van der Waals surface area contributed by atoms with Gasteiger partial charge in [0.25, 0.3) is 5.69 Å². The number of non-ortho nitro benzene ring substituents is 1. The molecule has 6 nitrogen and oxygen atoms in total. The molecule has 0 aliphatic rings. The maximum Gasteiger partial charge on any atom is 0.271 e. The van der Waals surface area contributed by atoms with Crippen molar-refractivity contribution in [2.45, 2.75) is 11.8 Å². The van der Waals surface area contributed by atoms with Crippen LogP contribution in [0.2, 0.25) is 5.02 Å². The highest BCUT2D eigenvalue weighted by molar-refractivity contribution is 9.09. The summed E-state index contributed by atoms with van der Waals surface area (Å²) in [6.45, 7) is 1.92. The van der Waals surface area contributed by atoms with Gasteiger partial charge >= 0.3 is 0 Å². The number of alkyl halides is 1. The maximum absolute atomic E-state index is 10.6. The van der Waals surface area contributed by atoms with Gasteiger partial charge in [-0.15, -0.1) is 5.10 Å². The second-order valence-corrected chi connectivity index (χ2v) is 5.38. The van der Waals surface area contributed by atoms with Gasteiger partial charge in [0.05, 0.1) is 32.4 Å². The highest BCUT2D eigenvalue weighted by Crippen LogP contribution is 2.26. The Morgan fingerprint density at radius 1 is 1.56 bits per heavy atom. The average Bonchev–Trinajstić information content (AvgIpc) is 2.78. The summed E-state index contributed by atoms with van der Waals surface area (Å²) in [5.74, 6) is 0. The van der Waals surface area contributed by atoms with E-state index < -0.39 is 4.92 Å². The number of benzene rings is 1. The minimum atomic E-state index is -0.497. The van der Waals surface area contributed by atoms with Crippen LogP contribution in [-0.2, 0) is 0 Å². The molecule has 94 valence electrons. The van der Waals surface area contributed by atoms with Crippen LogP contribution >= 0.6 is 27.5 Å². The molecule has 2 aromatic rings. The molecular weight excluding hydrogens is 323 g/mol. The van der Waals surface area contributed by atoms with E-state index in [1.54, 1.807) is 6.20 Å². The van der Waals surface area contributed by atoms with Gasteiger partial charge in [-0.05, 0) is 13.0 Å². The first-order valence-corrected chi connectivity index (χ1v) is 6.29. The molecule has 18 heavy (non-hydrogen) atoms. The lowest BCUT2D eigenvalue weighted by atomic mass is 10.3. The highest BCUT2D eigenvalue weighted by Gasteiger charge is 2.13. The van der Waals surface area contributed by atoms with Gasteiger partial charge in [-0.1, -0.05) is 32.7 Å². The van der Waals surface area contributed by atoms with Crippen LogP contribution in [-0.4, -0.2) is 19.9 Å². The molecule has 0 aliphatic heterocycles. The Morgan fingerprint density at radius 3 is 2.78 bits per heavy atom. The quantitative estimate of drug-likeness (QED) is 0.491. The first kappa shape index (κ1) is 13.0. The van der Waals surface area contributed by atoms with Crippen molar-refractivity contribution in [2.75, 3.05) is 0 Å². The first-order chi connectivity index (χ1) is 8.49. The SMILES string of the molecule is CC(Br)c1cn(-c2ccc([N+](=O)[O-])cc2Cl)nn1. The lowest BCUT2D eigenvalue weighted by molar-refractivity contribution is -0.384. The molecule has 1 unspecified atom stereocenters. The number of nitro groups is 1. The molecule has 0 saturated heterocycles. The van der Waals surface area contributed by atoms with Crippen LogP contribution in [0, 0.1) is 10.1 Å². The highest BCUT2D eigenvalue weighted by atomic mass is 79.9. The normalized spacial score (nSPS) is 12.4. The molecular formula is C10H8BrClN4O2. The minimum absolute atomic E-state index is 0.0575. The smallest absolute Gasteiger partial charge is 0.258 e. The summed E-state index contributed by atoms with van der Waals surface area (Å²) in [4.78, 5) is 10.2. The Hall–Kier alpha value is -1.47. The van der Waals surface area contributed by atoms with Crippen LogP contribution in [0.1, 0.15) is 17.4 Å². The number of rotatable bonds is 3. The van der Waals surface area contributed by atoms with E-state index in [1.807, 2.05) is 6.92 Å². The van der Waals surface area contributed by atoms with Crippen molar-refractivity contribution in [3.8, 4) is 5.69 Å². The summed E-state index contributed by atoms with van der Waals surface area (Å²) >= 11 is 9.37. The van der Waals surface area contributed by atoms with Gasteiger partial charge in [-0.3, -0.25) is 10.1 Å². The number of nitrogens with zero attached hydrogens (tertiary/aromatic N) is 4. The summed E-state index contributed by atoms with van der Waals surface area (Å²) in [7, 11) is 0. The number of hydrogen-bond donors (Lipinski definition) is 0. The summed E-state index contributed by atoms with van der Waals surface area (Å²) in [6, 6.07) is 4.20. The van der Waals surface area contributed by atoms with Crippen molar-refractivity contribution in [1.29, 1.82) is 0 Å². The van der Waals surface area contributed by atoms with Crippen molar-refractivity contribution >= 4 is 33.2 Å². The molecule has 0 fully saturated rings. The molecule has 1 heterocycles. The second kappa shape index (κ2) is 5.03. The fourth-order valence-corrected chi connectivity index (χ4v) is 1.84. The molecule has 1 atom stereocenters. The molecule has 0 bridgehead atoms. The zero-order chi connectivity index (χ0) is 13.3. The zero-order valence-electron chi connectivity index (χ0n) is 9.25. The van der Waals surface area contributed by atoms with E-state index in [-0.39, 0.29) is 15.5 Å². The largest absolute Gasteiger partial charge is 0.271 e. The molecule has 0 saturated carbocycles. The monoisotopic (exact) mass is 330 g/mol. The fourth-order valence-electron chi connectivity index (χ4n) is 1.37. The van der Waals surface area contributed by atoms with E-state index in [4.69, 9.17) is 11.6 Å². The van der Waals surface area contributed by atoms with E-state index in [0.717, 1.165) is 5.69 Å². The summed E-state index contributed by atoms with van der Waals surface area (Å²) in [6.07, 6.45) is 1.71. The van der Waals surface area contributed by atoms with Gasteiger partial charge in [-0.25, -0.2) is 4.68 Å². The Labute approximate surface area is 116 Å². The van der Waals surface area contributed by atoms with E-state index >= 15 is 0 Å². The summed E-state index contributed by atoms with van der Waals surface area (Å²) in [5, 5.41) is 18.7. The molecule has 0 aliphatic carbocycles. The molecule has 2 rings (SSSR count). The molecule has 0 radical (unpaired) electrons. The predicted octanol–water partition coefficient (Wildman–Crippen LogP) is 3.28. The Balaban J connectivity index is 2.41. The van der Waals surface area contributed by atoms with Crippen molar-refractivity contribution in [3.05, 3.63) is 45.2 Å². The van der Waals surface area contributed by atoms with Gasteiger partial charge < -0.3 is 0 Å². The average molecular weight is 332 g/mol. The van der Waals surface area contributed by atoms with Gasteiger partial charge in [0, 0.05) is 12.1 Å². The van der Waals surface area contributed by atoms with Crippen molar-refractivity contribution in [3.63, 3.8) is 0 Å². The Bertz CT molecular complexity index is 599. The molecule has 0 N–H and O–H groups in total. The second-order valence-electron chi connectivity index (χ2n) is 3.60. The Kier molecular flexibility index (Phi) is 3.63. The van der Waals surface area contributed by atoms with Crippen LogP contribution in [0.3, 0.4) is 0 Å². The van der Waals surface area contributed by atoms with E-state index in [1.165, 1.54) is 22.9 Å². The van der Waals surface area contributed by atoms with Crippen molar-refractivity contribution < 1.29 is 4.92 Å². The standard InChI is InChI=1S/C10H8BrClN4O2/c1-6(11)9-5-15(14-13-9)10-3-2-7(16(17)18)4-8(10)12/h2-6H,1H3. The molecule has 1 aromatic heterocycles. The molecule has 8 heteroatoms. The van der Waals surface area contributed by atoms with E-state index in [0.29, 0.717) is 5.69 Å². The Morgan fingerprint density at radius 2 is 2.28 bits per heavy atom. The van der Waals surface area contributed by atoms with Gasteiger partial charge in [0.1, 0.15) is 0 Å². The van der Waals surface area contributed by atoms with Crippen LogP contribution < -0.4 is 0 Å². The topological polar surface area (TPSA) is 73.8 Å². The van der Waals surface area contributed by atoms with Crippen LogP contribution in [0.25, 0.3) is 5.69 Å². The molecule has 0 amide bonds.